The smallest absolute Gasteiger partial charge is 0.112 e. The van der Waals surface area contributed by atoms with Crippen LogP contribution in [0, 0.1) is 0 Å². The SMILES string of the molecule is Cn1nncc1C(O)[C@H]1CCCN1. The lowest BCUT2D eigenvalue weighted by Gasteiger charge is -2.17. The standard InChI is InChI=1S/C8H14N4O/c1-12-7(5-10-11-12)8(13)6-3-2-4-9-6/h5-6,8-9,13H,2-4H2,1H3/t6-,8?/m1/s1. The monoisotopic (exact) mass is 182 g/mol. The first-order chi connectivity index (χ1) is 6.29. The number of aliphatic hydroxyl groups excluding tert-OH is 1. The summed E-state index contributed by atoms with van der Waals surface area (Å²) in [4.78, 5) is 0. The minimum atomic E-state index is -0.484. The van der Waals surface area contributed by atoms with Crippen molar-refractivity contribution in [3.05, 3.63) is 11.9 Å². The maximum atomic E-state index is 9.93. The summed E-state index contributed by atoms with van der Waals surface area (Å²) in [6, 6.07) is 0.164. The van der Waals surface area contributed by atoms with Crippen LogP contribution in [0.15, 0.2) is 6.20 Å². The molecule has 0 radical (unpaired) electrons. The van der Waals surface area contributed by atoms with Crippen LogP contribution in [0.1, 0.15) is 24.6 Å². The minimum absolute atomic E-state index is 0.164. The highest BCUT2D eigenvalue weighted by Crippen LogP contribution is 2.21. The molecule has 1 aromatic heterocycles. The molecular formula is C8H14N4O. The normalized spacial score (nSPS) is 24.9. The van der Waals surface area contributed by atoms with Crippen molar-refractivity contribution in [3.63, 3.8) is 0 Å². The summed E-state index contributed by atoms with van der Waals surface area (Å²) in [5.74, 6) is 0. The molecule has 0 aromatic carbocycles. The van der Waals surface area contributed by atoms with E-state index >= 15 is 0 Å². The van der Waals surface area contributed by atoms with Gasteiger partial charge >= 0.3 is 0 Å². The predicted octanol–water partition coefficient (Wildman–Crippen LogP) is -0.399. The Morgan fingerprint density at radius 3 is 3.15 bits per heavy atom. The molecule has 72 valence electrons. The number of nitrogens with one attached hydrogen (secondary N) is 1. The van der Waals surface area contributed by atoms with Gasteiger partial charge in [-0.15, -0.1) is 5.10 Å². The Kier molecular flexibility index (Phi) is 2.28. The lowest BCUT2D eigenvalue weighted by Crippen LogP contribution is -2.29. The molecule has 5 nitrogen and oxygen atoms in total. The summed E-state index contributed by atoms with van der Waals surface area (Å²) in [6.45, 7) is 0.993. The average Bonchev–Trinajstić information content (AvgIpc) is 2.72. The number of nitrogens with zero attached hydrogens (tertiary/aromatic N) is 3. The quantitative estimate of drug-likeness (QED) is 0.653. The first kappa shape index (κ1) is 8.65. The van der Waals surface area contributed by atoms with Crippen LogP contribution in [0.2, 0.25) is 0 Å². The van der Waals surface area contributed by atoms with Gasteiger partial charge in [0, 0.05) is 13.1 Å². The average molecular weight is 182 g/mol. The molecule has 1 aromatic rings. The van der Waals surface area contributed by atoms with Gasteiger partial charge in [0.05, 0.1) is 11.9 Å². The van der Waals surface area contributed by atoms with E-state index in [1.54, 1.807) is 17.9 Å². The molecule has 2 heterocycles. The summed E-state index contributed by atoms with van der Waals surface area (Å²) >= 11 is 0. The second-order valence-corrected chi connectivity index (χ2v) is 3.43. The molecule has 1 unspecified atom stereocenters. The largest absolute Gasteiger partial charge is 0.385 e. The molecule has 0 saturated carbocycles. The molecule has 0 aliphatic carbocycles. The number of hydrogen-bond donors (Lipinski definition) is 2. The summed E-state index contributed by atoms with van der Waals surface area (Å²) in [6.07, 6.45) is 3.28. The third-order valence-corrected chi connectivity index (χ3v) is 2.53. The lowest BCUT2D eigenvalue weighted by molar-refractivity contribution is 0.129. The minimum Gasteiger partial charge on any atom is -0.385 e. The van der Waals surface area contributed by atoms with Gasteiger partial charge in [0.15, 0.2) is 0 Å². The molecule has 0 bridgehead atoms. The van der Waals surface area contributed by atoms with Gasteiger partial charge in [-0.25, -0.2) is 4.68 Å². The molecule has 2 N–H and O–H groups in total. The van der Waals surface area contributed by atoms with Crippen molar-refractivity contribution in [1.82, 2.24) is 20.3 Å². The van der Waals surface area contributed by atoms with Gasteiger partial charge in [0.2, 0.25) is 0 Å². The van der Waals surface area contributed by atoms with E-state index in [0.29, 0.717) is 0 Å². The third-order valence-electron chi connectivity index (χ3n) is 2.53. The Morgan fingerprint density at radius 2 is 2.62 bits per heavy atom. The van der Waals surface area contributed by atoms with Gasteiger partial charge in [-0.3, -0.25) is 0 Å². The van der Waals surface area contributed by atoms with Crippen molar-refractivity contribution in [3.8, 4) is 0 Å². The van der Waals surface area contributed by atoms with Crippen LogP contribution < -0.4 is 5.32 Å². The highest BCUT2D eigenvalue weighted by molar-refractivity contribution is 5.03. The molecule has 0 amide bonds. The van der Waals surface area contributed by atoms with Crippen LogP contribution in [-0.4, -0.2) is 32.7 Å². The maximum absolute atomic E-state index is 9.93. The van der Waals surface area contributed by atoms with E-state index in [4.69, 9.17) is 0 Å². The lowest BCUT2D eigenvalue weighted by atomic mass is 10.1. The van der Waals surface area contributed by atoms with E-state index in [2.05, 4.69) is 15.6 Å². The van der Waals surface area contributed by atoms with Gasteiger partial charge in [0.25, 0.3) is 0 Å². The van der Waals surface area contributed by atoms with Crippen LogP contribution in [0.25, 0.3) is 0 Å². The van der Waals surface area contributed by atoms with E-state index in [1.165, 1.54) is 0 Å². The highest BCUT2D eigenvalue weighted by Gasteiger charge is 2.26. The molecule has 0 spiro atoms. The van der Waals surface area contributed by atoms with Crippen LogP contribution in [0.3, 0.4) is 0 Å². The highest BCUT2D eigenvalue weighted by atomic mass is 16.3. The van der Waals surface area contributed by atoms with Crippen molar-refractivity contribution < 1.29 is 5.11 Å². The fraction of sp³-hybridized carbons (Fsp3) is 0.750. The zero-order valence-electron chi connectivity index (χ0n) is 7.64. The Balaban J connectivity index is 2.12. The number of aliphatic hydroxyl groups is 1. The molecule has 2 rings (SSSR count). The van der Waals surface area contributed by atoms with E-state index in [-0.39, 0.29) is 6.04 Å². The Morgan fingerprint density at radius 1 is 1.77 bits per heavy atom. The maximum Gasteiger partial charge on any atom is 0.112 e. The van der Waals surface area contributed by atoms with Gasteiger partial charge in [-0.2, -0.15) is 0 Å². The number of aromatic nitrogens is 3. The van der Waals surface area contributed by atoms with E-state index in [9.17, 15) is 5.11 Å². The number of hydrogen-bond acceptors (Lipinski definition) is 4. The third kappa shape index (κ3) is 1.57. The fourth-order valence-electron chi connectivity index (χ4n) is 1.75. The van der Waals surface area contributed by atoms with Crippen molar-refractivity contribution in [2.75, 3.05) is 6.54 Å². The summed E-state index contributed by atoms with van der Waals surface area (Å²) in [5.41, 5.74) is 0.777. The zero-order chi connectivity index (χ0) is 9.26. The predicted molar refractivity (Wildman–Crippen MR) is 47.0 cm³/mol. The molecule has 2 atom stereocenters. The topological polar surface area (TPSA) is 63.0 Å². The molecule has 1 aliphatic heterocycles. The van der Waals surface area contributed by atoms with Gasteiger partial charge < -0.3 is 10.4 Å². The zero-order valence-corrected chi connectivity index (χ0v) is 7.64. The summed E-state index contributed by atoms with van der Waals surface area (Å²) in [7, 11) is 1.79. The molecule has 5 heteroatoms. The molecule has 1 aliphatic rings. The van der Waals surface area contributed by atoms with E-state index in [0.717, 1.165) is 25.1 Å². The Labute approximate surface area is 76.8 Å². The number of aryl methyl sites for hydroxylation is 1. The van der Waals surface area contributed by atoms with Gasteiger partial charge in [0.1, 0.15) is 6.10 Å². The number of rotatable bonds is 2. The molecular weight excluding hydrogens is 168 g/mol. The summed E-state index contributed by atoms with van der Waals surface area (Å²) in [5, 5.41) is 20.7. The fourth-order valence-corrected chi connectivity index (χ4v) is 1.75. The second kappa shape index (κ2) is 3.43. The van der Waals surface area contributed by atoms with Crippen LogP contribution >= 0.6 is 0 Å². The second-order valence-electron chi connectivity index (χ2n) is 3.43. The molecule has 1 fully saturated rings. The first-order valence-electron chi connectivity index (χ1n) is 4.55. The van der Waals surface area contributed by atoms with Gasteiger partial charge in [-0.1, -0.05) is 5.21 Å². The Bertz CT molecular complexity index is 279. The molecule has 13 heavy (non-hydrogen) atoms. The van der Waals surface area contributed by atoms with Crippen molar-refractivity contribution >= 4 is 0 Å². The van der Waals surface area contributed by atoms with Crippen molar-refractivity contribution in [2.45, 2.75) is 25.0 Å². The van der Waals surface area contributed by atoms with Gasteiger partial charge in [-0.05, 0) is 19.4 Å². The van der Waals surface area contributed by atoms with E-state index in [1.807, 2.05) is 0 Å². The Hall–Kier alpha value is -0.940. The van der Waals surface area contributed by atoms with Crippen molar-refractivity contribution in [2.24, 2.45) is 7.05 Å². The molecule has 1 saturated heterocycles. The van der Waals surface area contributed by atoms with Crippen LogP contribution in [0.4, 0.5) is 0 Å². The van der Waals surface area contributed by atoms with Crippen molar-refractivity contribution in [1.29, 1.82) is 0 Å². The summed E-state index contributed by atoms with van der Waals surface area (Å²) < 4.78 is 1.62. The first-order valence-corrected chi connectivity index (χ1v) is 4.55. The van der Waals surface area contributed by atoms with E-state index < -0.39 is 6.10 Å². The van der Waals surface area contributed by atoms with Crippen LogP contribution in [-0.2, 0) is 7.05 Å². The van der Waals surface area contributed by atoms with Crippen LogP contribution in [0.5, 0.6) is 0 Å².